The largest absolute Gasteiger partial charge is 0.508 e. The lowest BCUT2D eigenvalue weighted by Gasteiger charge is -2.37. The topological polar surface area (TPSA) is 108 Å². The second-order valence-corrected chi connectivity index (χ2v) is 10.7. The Morgan fingerprint density at radius 3 is 2.28 bits per heavy atom. The zero-order valence-corrected chi connectivity index (χ0v) is 23.8. The maximum absolute atomic E-state index is 14.3. The number of nitrogens with one attached hydrogen (secondary N) is 2. The van der Waals surface area contributed by atoms with E-state index in [9.17, 15) is 19.5 Å². The average Bonchev–Trinajstić information content (AvgIpc) is 2.86. The van der Waals surface area contributed by atoms with Crippen LogP contribution in [0.4, 0.5) is 4.79 Å². The van der Waals surface area contributed by atoms with Crippen molar-refractivity contribution in [2.75, 3.05) is 6.54 Å². The summed E-state index contributed by atoms with van der Waals surface area (Å²) in [6.45, 7) is 11.3. The molecule has 2 atom stereocenters. The van der Waals surface area contributed by atoms with Crippen molar-refractivity contribution in [2.24, 2.45) is 0 Å². The Labute approximate surface area is 232 Å². The summed E-state index contributed by atoms with van der Waals surface area (Å²) in [6.07, 6.45) is 6.82. The predicted octanol–water partition coefficient (Wildman–Crippen LogP) is 4.70. The quantitative estimate of drug-likeness (QED) is 0.285. The summed E-state index contributed by atoms with van der Waals surface area (Å²) in [4.78, 5) is 42.2. The number of hydrogen-bond donors (Lipinski definition) is 3. The van der Waals surface area contributed by atoms with Crippen LogP contribution in [-0.2, 0) is 20.7 Å². The molecule has 2 unspecified atom stereocenters. The molecule has 210 valence electrons. The minimum Gasteiger partial charge on any atom is -0.508 e. The van der Waals surface area contributed by atoms with Gasteiger partial charge in [0.15, 0.2) is 0 Å². The molecular formula is C31H41N3O5. The average molecular weight is 536 g/mol. The van der Waals surface area contributed by atoms with Crippen molar-refractivity contribution in [1.29, 1.82) is 0 Å². The molecule has 8 heteroatoms. The highest BCUT2D eigenvalue weighted by Gasteiger charge is 2.38. The number of phenolic OH excluding ortho intramolecular Hbond substituents is 1. The summed E-state index contributed by atoms with van der Waals surface area (Å²) in [5.41, 5.74) is 0.957. The highest BCUT2D eigenvalue weighted by molar-refractivity contribution is 5.93. The van der Waals surface area contributed by atoms with E-state index in [1.165, 1.54) is 17.0 Å². The minimum absolute atomic E-state index is 0.0836. The van der Waals surface area contributed by atoms with Gasteiger partial charge in [-0.05, 0) is 70.4 Å². The van der Waals surface area contributed by atoms with Crippen LogP contribution in [0.15, 0.2) is 48.5 Å². The van der Waals surface area contributed by atoms with Crippen LogP contribution in [0.25, 0.3) is 0 Å². The van der Waals surface area contributed by atoms with Crippen molar-refractivity contribution in [3.8, 4) is 18.1 Å². The second kappa shape index (κ2) is 14.2. The summed E-state index contributed by atoms with van der Waals surface area (Å²) in [7, 11) is 0. The van der Waals surface area contributed by atoms with Crippen LogP contribution in [0.5, 0.6) is 5.75 Å². The fourth-order valence-corrected chi connectivity index (χ4v) is 4.15. The Balaban J connectivity index is 2.57. The smallest absolute Gasteiger partial charge is 0.408 e. The van der Waals surface area contributed by atoms with E-state index < -0.39 is 35.7 Å². The predicted molar refractivity (Wildman–Crippen MR) is 152 cm³/mol. The van der Waals surface area contributed by atoms with Crippen molar-refractivity contribution < 1.29 is 24.2 Å². The molecule has 0 bridgehead atoms. The van der Waals surface area contributed by atoms with Crippen LogP contribution in [0.2, 0.25) is 0 Å². The van der Waals surface area contributed by atoms with Crippen molar-refractivity contribution in [1.82, 2.24) is 15.5 Å². The van der Waals surface area contributed by atoms with E-state index in [-0.39, 0.29) is 18.1 Å². The first-order chi connectivity index (χ1) is 18.4. The number of hydrogen-bond acceptors (Lipinski definition) is 5. The van der Waals surface area contributed by atoms with Crippen LogP contribution in [0.3, 0.4) is 0 Å². The van der Waals surface area contributed by atoms with E-state index in [4.69, 9.17) is 11.2 Å². The van der Waals surface area contributed by atoms with E-state index in [0.29, 0.717) is 23.2 Å². The van der Waals surface area contributed by atoms with Crippen LogP contribution >= 0.6 is 0 Å². The molecule has 39 heavy (non-hydrogen) atoms. The van der Waals surface area contributed by atoms with Crippen LogP contribution in [0.1, 0.15) is 77.1 Å². The zero-order chi connectivity index (χ0) is 29.2. The molecule has 0 saturated heterocycles. The highest BCUT2D eigenvalue weighted by Crippen LogP contribution is 2.28. The molecule has 0 aliphatic carbocycles. The van der Waals surface area contributed by atoms with Gasteiger partial charge < -0.3 is 25.4 Å². The van der Waals surface area contributed by atoms with Gasteiger partial charge in [-0.2, -0.15) is 0 Å². The van der Waals surface area contributed by atoms with Gasteiger partial charge in [-0.15, -0.1) is 6.42 Å². The van der Waals surface area contributed by atoms with Gasteiger partial charge in [0.05, 0.1) is 0 Å². The zero-order valence-electron chi connectivity index (χ0n) is 23.8. The molecule has 0 aliphatic heterocycles. The van der Waals surface area contributed by atoms with Gasteiger partial charge in [0.2, 0.25) is 11.8 Å². The van der Waals surface area contributed by atoms with E-state index >= 15 is 0 Å². The Kier molecular flexibility index (Phi) is 11.4. The van der Waals surface area contributed by atoms with E-state index in [1.54, 1.807) is 57.2 Å². The van der Waals surface area contributed by atoms with Gasteiger partial charge in [-0.25, -0.2) is 4.79 Å². The Bertz CT molecular complexity index is 1160. The number of carbonyl (C=O) groups is 3. The number of benzene rings is 2. The minimum atomic E-state index is -1.06. The molecule has 3 N–H and O–H groups in total. The molecule has 2 aromatic carbocycles. The van der Waals surface area contributed by atoms with Crippen molar-refractivity contribution in [3.63, 3.8) is 0 Å². The fraction of sp³-hybridized carbons (Fsp3) is 0.452. The first kappa shape index (κ1) is 31.2. The lowest BCUT2D eigenvalue weighted by molar-refractivity contribution is -0.144. The summed E-state index contributed by atoms with van der Waals surface area (Å²) >= 11 is 0. The molecule has 0 saturated carbocycles. The lowest BCUT2D eigenvalue weighted by Crippen LogP contribution is -2.55. The number of rotatable bonds is 11. The number of amides is 3. The van der Waals surface area contributed by atoms with Gasteiger partial charge in [-0.3, -0.25) is 9.59 Å². The van der Waals surface area contributed by atoms with E-state index in [2.05, 4.69) is 16.6 Å². The van der Waals surface area contributed by atoms with Gasteiger partial charge in [0, 0.05) is 24.6 Å². The number of nitrogens with zero attached hydrogens (tertiary/aromatic N) is 1. The normalized spacial score (nSPS) is 12.7. The maximum Gasteiger partial charge on any atom is 0.408 e. The summed E-state index contributed by atoms with van der Waals surface area (Å²) < 4.78 is 5.44. The molecule has 0 heterocycles. The molecule has 0 aliphatic rings. The van der Waals surface area contributed by atoms with Crippen LogP contribution < -0.4 is 10.6 Å². The van der Waals surface area contributed by atoms with Crippen molar-refractivity contribution in [3.05, 3.63) is 65.2 Å². The SMILES string of the molecule is C#Cc1ccccc1C(C(=O)NCCCC)N(C(=O)C(Cc1ccc(O)cc1)NC(=O)OC(C)(C)C)C(C)C. The molecule has 2 aromatic rings. The third-order valence-electron chi connectivity index (χ3n) is 5.94. The Morgan fingerprint density at radius 1 is 1.08 bits per heavy atom. The number of phenols is 1. The number of terminal acetylenes is 1. The molecule has 0 fully saturated rings. The summed E-state index contributed by atoms with van der Waals surface area (Å²) in [5.74, 6) is 1.90. The van der Waals surface area contributed by atoms with Gasteiger partial charge in [-0.1, -0.05) is 49.6 Å². The maximum atomic E-state index is 14.3. The monoisotopic (exact) mass is 535 g/mol. The number of ether oxygens (including phenoxy) is 1. The second-order valence-electron chi connectivity index (χ2n) is 10.7. The number of aromatic hydroxyl groups is 1. The molecule has 2 rings (SSSR count). The third-order valence-corrected chi connectivity index (χ3v) is 5.94. The number of carbonyl (C=O) groups excluding carboxylic acids is 3. The van der Waals surface area contributed by atoms with Crippen LogP contribution in [0, 0.1) is 12.3 Å². The third kappa shape index (κ3) is 9.36. The molecule has 0 aromatic heterocycles. The Hall–Kier alpha value is -3.99. The van der Waals surface area contributed by atoms with Gasteiger partial charge in [0.1, 0.15) is 23.4 Å². The number of alkyl carbamates (subject to hydrolysis) is 1. The molecule has 0 radical (unpaired) electrons. The molecule has 8 nitrogen and oxygen atoms in total. The summed E-state index contributed by atoms with van der Waals surface area (Å²) in [6, 6.07) is 10.9. The van der Waals surface area contributed by atoms with E-state index in [1.807, 2.05) is 20.8 Å². The van der Waals surface area contributed by atoms with Crippen molar-refractivity contribution >= 4 is 17.9 Å². The molecule has 3 amide bonds. The standard InChI is InChI=1S/C31H41N3O5/c1-8-10-19-32-28(36)27(25-14-12-11-13-23(25)9-2)34(21(3)4)29(37)26(33-30(38)39-31(5,6)7)20-22-15-17-24(35)18-16-22/h2,11-18,21,26-27,35H,8,10,19-20H2,1,3-7H3,(H,32,36)(H,33,38). The van der Waals surface area contributed by atoms with Crippen LogP contribution in [-0.4, -0.2) is 52.1 Å². The lowest BCUT2D eigenvalue weighted by atomic mass is 9.95. The van der Waals surface area contributed by atoms with Gasteiger partial charge >= 0.3 is 6.09 Å². The highest BCUT2D eigenvalue weighted by atomic mass is 16.6. The number of unbranched alkanes of at least 4 members (excludes halogenated alkanes) is 1. The van der Waals surface area contributed by atoms with Gasteiger partial charge in [0.25, 0.3) is 0 Å². The van der Waals surface area contributed by atoms with E-state index in [0.717, 1.165) is 12.8 Å². The Morgan fingerprint density at radius 2 is 1.72 bits per heavy atom. The summed E-state index contributed by atoms with van der Waals surface area (Å²) in [5, 5.41) is 15.4. The fourth-order valence-electron chi connectivity index (χ4n) is 4.15. The molecule has 0 spiro atoms. The first-order valence-corrected chi connectivity index (χ1v) is 13.3. The molecular weight excluding hydrogens is 494 g/mol. The van der Waals surface area contributed by atoms with Crippen molar-refractivity contribution in [2.45, 2.75) is 84.5 Å². The first-order valence-electron chi connectivity index (χ1n) is 13.3.